The van der Waals surface area contributed by atoms with Crippen molar-refractivity contribution in [3.8, 4) is 5.75 Å². The third-order valence-electron chi connectivity index (χ3n) is 2.59. The number of nitro groups is 1. The Labute approximate surface area is 122 Å². The molecule has 0 spiro atoms. The molecule has 1 aromatic heterocycles. The molecule has 2 aromatic rings. The second kappa shape index (κ2) is 6.33. The van der Waals surface area contributed by atoms with Crippen LogP contribution in [0.1, 0.15) is 0 Å². The van der Waals surface area contributed by atoms with E-state index in [0.717, 1.165) is 4.47 Å². The number of aromatic nitrogens is 1. The van der Waals surface area contributed by atoms with Crippen LogP contribution in [0, 0.1) is 10.1 Å². The SMILES string of the molecule is O=c1ccc([N+](=O)[O-])cn1CCOc1ccc(Br)cc1. The molecule has 0 amide bonds. The van der Waals surface area contributed by atoms with E-state index in [9.17, 15) is 14.9 Å². The molecule has 1 aromatic carbocycles. The van der Waals surface area contributed by atoms with Crippen LogP contribution in [0.3, 0.4) is 0 Å². The van der Waals surface area contributed by atoms with E-state index < -0.39 is 4.92 Å². The monoisotopic (exact) mass is 338 g/mol. The van der Waals surface area contributed by atoms with Gasteiger partial charge in [-0.25, -0.2) is 0 Å². The lowest BCUT2D eigenvalue weighted by molar-refractivity contribution is -0.385. The summed E-state index contributed by atoms with van der Waals surface area (Å²) in [6, 6.07) is 9.64. The highest BCUT2D eigenvalue weighted by atomic mass is 79.9. The molecule has 7 heteroatoms. The molecule has 6 nitrogen and oxygen atoms in total. The lowest BCUT2D eigenvalue weighted by atomic mass is 10.3. The summed E-state index contributed by atoms with van der Waals surface area (Å²) in [4.78, 5) is 21.7. The Morgan fingerprint density at radius 3 is 2.55 bits per heavy atom. The highest BCUT2D eigenvalue weighted by molar-refractivity contribution is 9.10. The number of ether oxygens (including phenoxy) is 1. The van der Waals surface area contributed by atoms with E-state index in [0.29, 0.717) is 5.75 Å². The molecule has 0 aliphatic rings. The summed E-state index contributed by atoms with van der Waals surface area (Å²) in [5, 5.41) is 10.6. The summed E-state index contributed by atoms with van der Waals surface area (Å²) >= 11 is 3.32. The zero-order valence-corrected chi connectivity index (χ0v) is 11.9. The van der Waals surface area contributed by atoms with Crippen LogP contribution in [0.4, 0.5) is 5.69 Å². The molecule has 0 unspecified atom stereocenters. The molecule has 0 saturated carbocycles. The van der Waals surface area contributed by atoms with Gasteiger partial charge in [0.1, 0.15) is 12.4 Å². The van der Waals surface area contributed by atoms with Gasteiger partial charge < -0.3 is 9.30 Å². The van der Waals surface area contributed by atoms with E-state index in [1.807, 2.05) is 12.1 Å². The third-order valence-corrected chi connectivity index (χ3v) is 3.12. The van der Waals surface area contributed by atoms with Crippen molar-refractivity contribution in [1.29, 1.82) is 0 Å². The van der Waals surface area contributed by atoms with Crippen LogP contribution < -0.4 is 10.3 Å². The van der Waals surface area contributed by atoms with Crippen molar-refractivity contribution in [3.05, 3.63) is 67.5 Å². The summed E-state index contributed by atoms with van der Waals surface area (Å²) in [5.74, 6) is 0.673. The van der Waals surface area contributed by atoms with Crippen molar-refractivity contribution < 1.29 is 9.66 Å². The first-order valence-electron chi connectivity index (χ1n) is 5.79. The maximum absolute atomic E-state index is 11.6. The molecule has 0 N–H and O–H groups in total. The fraction of sp³-hybridized carbons (Fsp3) is 0.154. The van der Waals surface area contributed by atoms with Crippen LogP contribution in [-0.2, 0) is 6.54 Å². The van der Waals surface area contributed by atoms with E-state index in [4.69, 9.17) is 4.74 Å². The molecule has 0 fully saturated rings. The third kappa shape index (κ3) is 3.67. The van der Waals surface area contributed by atoms with Crippen molar-refractivity contribution in [2.45, 2.75) is 6.54 Å². The second-order valence-corrected chi connectivity index (χ2v) is 4.89. The van der Waals surface area contributed by atoms with Gasteiger partial charge in [-0.15, -0.1) is 0 Å². The van der Waals surface area contributed by atoms with Gasteiger partial charge in [0.25, 0.3) is 11.2 Å². The number of halogens is 1. The molecule has 0 saturated heterocycles. The van der Waals surface area contributed by atoms with Gasteiger partial charge in [-0.05, 0) is 24.3 Å². The van der Waals surface area contributed by atoms with Gasteiger partial charge in [-0.3, -0.25) is 14.9 Å². The van der Waals surface area contributed by atoms with Crippen LogP contribution in [0.2, 0.25) is 0 Å². The minimum absolute atomic E-state index is 0.117. The summed E-state index contributed by atoms with van der Waals surface area (Å²) in [6.45, 7) is 0.499. The van der Waals surface area contributed by atoms with E-state index in [1.54, 1.807) is 12.1 Å². The Bertz CT molecular complexity index is 667. The first-order valence-corrected chi connectivity index (χ1v) is 6.59. The second-order valence-electron chi connectivity index (χ2n) is 3.98. The van der Waals surface area contributed by atoms with Gasteiger partial charge in [0.15, 0.2) is 0 Å². The van der Waals surface area contributed by atoms with Gasteiger partial charge in [-0.2, -0.15) is 0 Å². The Morgan fingerprint density at radius 1 is 1.20 bits per heavy atom. The van der Waals surface area contributed by atoms with E-state index in [-0.39, 0.29) is 24.4 Å². The van der Waals surface area contributed by atoms with Crippen molar-refractivity contribution >= 4 is 21.6 Å². The predicted molar refractivity (Wildman–Crippen MR) is 77.0 cm³/mol. The molecule has 0 aliphatic carbocycles. The Balaban J connectivity index is 2.00. The first-order chi connectivity index (χ1) is 9.56. The van der Waals surface area contributed by atoms with E-state index >= 15 is 0 Å². The highest BCUT2D eigenvalue weighted by Crippen LogP contribution is 2.16. The fourth-order valence-electron chi connectivity index (χ4n) is 1.59. The Morgan fingerprint density at radius 2 is 1.90 bits per heavy atom. The quantitative estimate of drug-likeness (QED) is 0.620. The van der Waals surface area contributed by atoms with E-state index in [2.05, 4.69) is 15.9 Å². The largest absolute Gasteiger partial charge is 0.492 e. The van der Waals surface area contributed by atoms with Crippen LogP contribution in [-0.4, -0.2) is 16.1 Å². The van der Waals surface area contributed by atoms with Crippen LogP contribution in [0.5, 0.6) is 5.75 Å². The summed E-state index contributed by atoms with van der Waals surface area (Å²) < 4.78 is 7.67. The average molecular weight is 339 g/mol. The topological polar surface area (TPSA) is 74.4 Å². The number of benzene rings is 1. The van der Waals surface area contributed by atoms with Crippen molar-refractivity contribution in [1.82, 2.24) is 4.57 Å². The lowest BCUT2D eigenvalue weighted by Crippen LogP contribution is -2.22. The first kappa shape index (κ1) is 14.3. The Hall–Kier alpha value is -2.15. The summed E-state index contributed by atoms with van der Waals surface area (Å²) in [5.41, 5.74) is -0.414. The minimum atomic E-state index is -0.536. The van der Waals surface area contributed by atoms with E-state index in [1.165, 1.54) is 22.9 Å². The summed E-state index contributed by atoms with van der Waals surface area (Å²) in [6.07, 6.45) is 1.22. The molecule has 0 atom stereocenters. The normalized spacial score (nSPS) is 10.2. The van der Waals surface area contributed by atoms with Gasteiger partial charge in [0, 0.05) is 16.6 Å². The predicted octanol–water partition coefficient (Wildman–Crippen LogP) is 2.60. The zero-order chi connectivity index (χ0) is 14.5. The Kier molecular flexibility index (Phi) is 4.52. The molecule has 0 radical (unpaired) electrons. The van der Waals surface area contributed by atoms with Gasteiger partial charge in [-0.1, -0.05) is 15.9 Å². The van der Waals surface area contributed by atoms with Crippen LogP contribution >= 0.6 is 15.9 Å². The average Bonchev–Trinajstić information content (AvgIpc) is 2.43. The van der Waals surface area contributed by atoms with Gasteiger partial charge in [0.2, 0.25) is 0 Å². The van der Waals surface area contributed by atoms with Crippen molar-refractivity contribution in [2.24, 2.45) is 0 Å². The minimum Gasteiger partial charge on any atom is -0.492 e. The van der Waals surface area contributed by atoms with Crippen LogP contribution in [0.25, 0.3) is 0 Å². The molecule has 0 bridgehead atoms. The molecule has 0 aliphatic heterocycles. The maximum Gasteiger partial charge on any atom is 0.285 e. The highest BCUT2D eigenvalue weighted by Gasteiger charge is 2.07. The number of hydrogen-bond acceptors (Lipinski definition) is 4. The summed E-state index contributed by atoms with van der Waals surface area (Å²) in [7, 11) is 0. The molecule has 1 heterocycles. The molecule has 2 rings (SSSR count). The van der Waals surface area contributed by atoms with Crippen molar-refractivity contribution in [2.75, 3.05) is 6.61 Å². The zero-order valence-electron chi connectivity index (χ0n) is 10.4. The number of nitrogens with zero attached hydrogens (tertiary/aromatic N) is 2. The fourth-order valence-corrected chi connectivity index (χ4v) is 1.86. The number of hydrogen-bond donors (Lipinski definition) is 0. The maximum atomic E-state index is 11.6. The molecular weight excluding hydrogens is 328 g/mol. The lowest BCUT2D eigenvalue weighted by Gasteiger charge is -2.08. The number of rotatable bonds is 5. The van der Waals surface area contributed by atoms with Gasteiger partial charge in [0.05, 0.1) is 17.7 Å². The van der Waals surface area contributed by atoms with Crippen LogP contribution in [0.15, 0.2) is 51.9 Å². The molecular formula is C13H11BrN2O4. The van der Waals surface area contributed by atoms with Gasteiger partial charge >= 0.3 is 0 Å². The number of pyridine rings is 1. The standard InChI is InChI=1S/C13H11BrN2O4/c14-10-1-4-12(5-2-10)20-8-7-15-9-11(16(18)19)3-6-13(15)17/h1-6,9H,7-8H2. The smallest absolute Gasteiger partial charge is 0.285 e. The molecule has 104 valence electrons. The van der Waals surface area contributed by atoms with Crippen molar-refractivity contribution in [3.63, 3.8) is 0 Å². The molecule has 20 heavy (non-hydrogen) atoms.